The topological polar surface area (TPSA) is 49.4 Å². The van der Waals surface area contributed by atoms with E-state index < -0.39 is 0 Å². The molecule has 0 bridgehead atoms. The van der Waals surface area contributed by atoms with Crippen molar-refractivity contribution in [3.05, 3.63) is 0 Å². The standard InChI is InChI=1S/C14H24N2O2/c1-8(2)16-10(17)7-9(11(16)18)15-12-13(3,4)14(12,5)6/h8-9,12,15H,7H2,1-6H3. The van der Waals surface area contributed by atoms with Gasteiger partial charge in [0.1, 0.15) is 0 Å². The summed E-state index contributed by atoms with van der Waals surface area (Å²) in [7, 11) is 0. The number of amides is 2. The maximum absolute atomic E-state index is 12.2. The van der Waals surface area contributed by atoms with Gasteiger partial charge in [0, 0.05) is 12.1 Å². The van der Waals surface area contributed by atoms with Gasteiger partial charge in [0.15, 0.2) is 0 Å². The van der Waals surface area contributed by atoms with Gasteiger partial charge in [0.25, 0.3) is 0 Å². The van der Waals surface area contributed by atoms with Gasteiger partial charge in [-0.05, 0) is 24.7 Å². The van der Waals surface area contributed by atoms with Crippen LogP contribution in [-0.4, -0.2) is 34.8 Å². The van der Waals surface area contributed by atoms with Crippen molar-refractivity contribution in [2.24, 2.45) is 10.8 Å². The van der Waals surface area contributed by atoms with Crippen molar-refractivity contribution < 1.29 is 9.59 Å². The number of nitrogens with zero attached hydrogens (tertiary/aromatic N) is 1. The third-order valence-electron chi connectivity index (χ3n) is 5.09. The summed E-state index contributed by atoms with van der Waals surface area (Å²) in [6.45, 7) is 12.6. The van der Waals surface area contributed by atoms with E-state index in [2.05, 4.69) is 33.0 Å². The Bertz CT molecular complexity index is 385. The number of hydrogen-bond acceptors (Lipinski definition) is 3. The average Bonchev–Trinajstić information content (AvgIpc) is 2.50. The van der Waals surface area contributed by atoms with Crippen LogP contribution in [0.2, 0.25) is 0 Å². The van der Waals surface area contributed by atoms with Crippen LogP contribution in [-0.2, 0) is 9.59 Å². The Morgan fingerprint density at radius 3 is 2.00 bits per heavy atom. The van der Waals surface area contributed by atoms with Gasteiger partial charge in [-0.2, -0.15) is 0 Å². The van der Waals surface area contributed by atoms with Gasteiger partial charge >= 0.3 is 0 Å². The minimum atomic E-state index is -0.328. The van der Waals surface area contributed by atoms with E-state index in [1.165, 1.54) is 4.90 Å². The van der Waals surface area contributed by atoms with Crippen LogP contribution in [0.3, 0.4) is 0 Å². The molecular weight excluding hydrogens is 228 g/mol. The highest BCUT2D eigenvalue weighted by molar-refractivity contribution is 6.05. The Balaban J connectivity index is 2.06. The molecule has 2 aliphatic rings. The fraction of sp³-hybridized carbons (Fsp3) is 0.857. The van der Waals surface area contributed by atoms with Crippen molar-refractivity contribution in [3.8, 4) is 0 Å². The summed E-state index contributed by atoms with van der Waals surface area (Å²) in [4.78, 5) is 25.4. The number of likely N-dealkylation sites (tertiary alicyclic amines) is 1. The molecule has 102 valence electrons. The molecule has 0 aromatic rings. The van der Waals surface area contributed by atoms with E-state index in [1.807, 2.05) is 13.8 Å². The quantitative estimate of drug-likeness (QED) is 0.775. The third kappa shape index (κ3) is 1.69. The van der Waals surface area contributed by atoms with Crippen LogP contribution in [0.15, 0.2) is 0 Å². The molecule has 2 fully saturated rings. The molecule has 1 aliphatic heterocycles. The molecule has 1 unspecified atom stereocenters. The second-order valence-corrected chi connectivity index (χ2v) is 7.00. The van der Waals surface area contributed by atoms with E-state index in [1.54, 1.807) is 0 Å². The first-order valence-electron chi connectivity index (χ1n) is 6.72. The Morgan fingerprint density at radius 2 is 1.67 bits per heavy atom. The molecule has 2 amide bonds. The predicted octanol–water partition coefficient (Wildman–Crippen LogP) is 1.55. The van der Waals surface area contributed by atoms with Gasteiger partial charge in [-0.1, -0.05) is 27.7 Å². The fourth-order valence-corrected chi connectivity index (χ4v) is 3.14. The fourth-order valence-electron chi connectivity index (χ4n) is 3.14. The first kappa shape index (κ1) is 13.5. The summed E-state index contributed by atoms with van der Waals surface area (Å²) >= 11 is 0. The molecule has 1 heterocycles. The summed E-state index contributed by atoms with van der Waals surface area (Å²) in [5.41, 5.74) is 0.364. The first-order valence-corrected chi connectivity index (χ1v) is 6.72. The van der Waals surface area contributed by atoms with Crippen LogP contribution in [0.5, 0.6) is 0 Å². The summed E-state index contributed by atoms with van der Waals surface area (Å²) in [6.07, 6.45) is 0.305. The second-order valence-electron chi connectivity index (χ2n) is 7.00. The van der Waals surface area contributed by atoms with Gasteiger partial charge in [-0.25, -0.2) is 0 Å². The van der Waals surface area contributed by atoms with E-state index in [-0.39, 0.29) is 34.7 Å². The predicted molar refractivity (Wildman–Crippen MR) is 69.9 cm³/mol. The lowest BCUT2D eigenvalue weighted by Gasteiger charge is -2.19. The van der Waals surface area contributed by atoms with Gasteiger partial charge < -0.3 is 5.32 Å². The average molecular weight is 252 g/mol. The van der Waals surface area contributed by atoms with Crippen LogP contribution in [0.1, 0.15) is 48.0 Å². The summed E-state index contributed by atoms with van der Waals surface area (Å²) < 4.78 is 0. The highest BCUT2D eigenvalue weighted by atomic mass is 16.2. The Kier molecular flexibility index (Phi) is 2.85. The Hall–Kier alpha value is -0.900. The van der Waals surface area contributed by atoms with Crippen LogP contribution >= 0.6 is 0 Å². The van der Waals surface area contributed by atoms with Gasteiger partial charge in [0.05, 0.1) is 12.5 Å². The molecular formula is C14H24N2O2. The molecule has 18 heavy (non-hydrogen) atoms. The second kappa shape index (κ2) is 3.80. The van der Waals surface area contributed by atoms with E-state index in [0.717, 1.165) is 0 Å². The van der Waals surface area contributed by atoms with E-state index in [0.29, 0.717) is 12.5 Å². The summed E-state index contributed by atoms with van der Waals surface area (Å²) in [5, 5.41) is 3.39. The van der Waals surface area contributed by atoms with Crippen molar-refractivity contribution >= 4 is 11.8 Å². The van der Waals surface area contributed by atoms with Crippen molar-refractivity contribution in [1.82, 2.24) is 10.2 Å². The Labute approximate surface area is 109 Å². The minimum absolute atomic E-state index is 0.0444. The van der Waals surface area contributed by atoms with Crippen molar-refractivity contribution in [1.29, 1.82) is 0 Å². The van der Waals surface area contributed by atoms with E-state index in [9.17, 15) is 9.59 Å². The molecule has 1 N–H and O–H groups in total. The van der Waals surface area contributed by atoms with E-state index >= 15 is 0 Å². The number of hydrogen-bond donors (Lipinski definition) is 1. The number of nitrogens with one attached hydrogen (secondary N) is 1. The van der Waals surface area contributed by atoms with E-state index in [4.69, 9.17) is 0 Å². The minimum Gasteiger partial charge on any atom is -0.302 e. The van der Waals surface area contributed by atoms with Crippen LogP contribution in [0.4, 0.5) is 0 Å². The molecule has 1 atom stereocenters. The highest BCUT2D eigenvalue weighted by Crippen LogP contribution is 2.62. The molecule has 2 rings (SSSR count). The molecule has 0 spiro atoms. The monoisotopic (exact) mass is 252 g/mol. The number of carbonyl (C=O) groups excluding carboxylic acids is 2. The van der Waals surface area contributed by atoms with Gasteiger partial charge in [-0.3, -0.25) is 14.5 Å². The van der Waals surface area contributed by atoms with Crippen molar-refractivity contribution in [2.45, 2.75) is 66.1 Å². The Morgan fingerprint density at radius 1 is 1.17 bits per heavy atom. The lowest BCUT2D eigenvalue weighted by molar-refractivity contribution is -0.140. The number of rotatable bonds is 3. The molecule has 4 heteroatoms. The smallest absolute Gasteiger partial charge is 0.247 e. The SMILES string of the molecule is CC(C)N1C(=O)CC(NC2C(C)(C)C2(C)C)C1=O. The van der Waals surface area contributed by atoms with Crippen molar-refractivity contribution in [2.75, 3.05) is 0 Å². The molecule has 0 aromatic carbocycles. The van der Waals surface area contributed by atoms with Crippen LogP contribution in [0, 0.1) is 10.8 Å². The lowest BCUT2D eigenvalue weighted by atomic mass is 10.0. The van der Waals surface area contributed by atoms with Gasteiger partial charge in [-0.15, -0.1) is 0 Å². The van der Waals surface area contributed by atoms with Gasteiger partial charge in [0.2, 0.25) is 11.8 Å². The number of imide groups is 1. The summed E-state index contributed by atoms with van der Waals surface area (Å²) in [5.74, 6) is -0.114. The van der Waals surface area contributed by atoms with Crippen molar-refractivity contribution in [3.63, 3.8) is 0 Å². The lowest BCUT2D eigenvalue weighted by Crippen LogP contribution is -2.43. The number of carbonyl (C=O) groups is 2. The summed E-state index contributed by atoms with van der Waals surface area (Å²) in [6, 6.07) is -0.0677. The highest BCUT2D eigenvalue weighted by Gasteiger charge is 2.65. The first-order chi connectivity index (χ1) is 8.10. The molecule has 1 aliphatic carbocycles. The third-order valence-corrected chi connectivity index (χ3v) is 5.09. The largest absolute Gasteiger partial charge is 0.302 e. The zero-order valence-electron chi connectivity index (χ0n) is 12.2. The molecule has 0 radical (unpaired) electrons. The maximum Gasteiger partial charge on any atom is 0.247 e. The molecule has 1 saturated carbocycles. The molecule has 4 nitrogen and oxygen atoms in total. The molecule has 0 aromatic heterocycles. The van der Waals surface area contributed by atoms with Crippen LogP contribution in [0.25, 0.3) is 0 Å². The zero-order chi connectivity index (χ0) is 13.9. The maximum atomic E-state index is 12.2. The zero-order valence-corrected chi connectivity index (χ0v) is 12.2. The normalized spacial score (nSPS) is 30.4. The molecule has 1 saturated heterocycles. The van der Waals surface area contributed by atoms with Crippen LogP contribution < -0.4 is 5.32 Å².